The van der Waals surface area contributed by atoms with Crippen molar-refractivity contribution in [1.82, 2.24) is 5.06 Å². The zero-order chi connectivity index (χ0) is 15.0. The molecule has 2 aromatic rings. The average molecular weight is 284 g/mol. The molecule has 2 aromatic carbocycles. The van der Waals surface area contributed by atoms with E-state index in [0.29, 0.717) is 11.1 Å². The van der Waals surface area contributed by atoms with Gasteiger partial charge in [0.15, 0.2) is 12.0 Å². The maximum absolute atomic E-state index is 10.7. The standard InChI is InChI=1S/C14H12N4O3/c15-13-11-3-1-2-4-12(11)16-14(17(13)19)9-5-7-10(8-6-9)18(20)21/h1-8,14-16,19H. The number of benzene rings is 2. The summed E-state index contributed by atoms with van der Waals surface area (Å²) < 4.78 is 0. The highest BCUT2D eigenvalue weighted by molar-refractivity contribution is 6.02. The molecule has 7 heteroatoms. The third-order valence-corrected chi connectivity index (χ3v) is 3.37. The predicted molar refractivity (Wildman–Crippen MR) is 76.4 cm³/mol. The number of para-hydroxylation sites is 1. The van der Waals surface area contributed by atoms with E-state index in [-0.39, 0.29) is 11.5 Å². The minimum Gasteiger partial charge on any atom is -0.359 e. The molecule has 0 aliphatic carbocycles. The summed E-state index contributed by atoms with van der Waals surface area (Å²) in [6.07, 6.45) is -0.659. The molecule has 3 N–H and O–H groups in total. The van der Waals surface area contributed by atoms with E-state index < -0.39 is 11.1 Å². The SMILES string of the molecule is N=C1c2ccccc2NC(c2ccc([N+](=O)[O-])cc2)N1O. The Labute approximate surface area is 120 Å². The summed E-state index contributed by atoms with van der Waals surface area (Å²) in [5.74, 6) is -0.0206. The van der Waals surface area contributed by atoms with E-state index >= 15 is 0 Å². The van der Waals surface area contributed by atoms with Crippen LogP contribution in [0.5, 0.6) is 0 Å². The van der Waals surface area contributed by atoms with E-state index in [4.69, 9.17) is 5.41 Å². The van der Waals surface area contributed by atoms with Gasteiger partial charge in [-0.2, -0.15) is 0 Å². The number of non-ortho nitro benzene ring substituents is 1. The fourth-order valence-electron chi connectivity index (χ4n) is 2.28. The summed E-state index contributed by atoms with van der Waals surface area (Å²) in [6, 6.07) is 13.0. The molecule has 0 saturated carbocycles. The highest BCUT2D eigenvalue weighted by atomic mass is 16.6. The maximum atomic E-state index is 10.7. The van der Waals surface area contributed by atoms with Crippen molar-refractivity contribution in [2.75, 3.05) is 5.32 Å². The van der Waals surface area contributed by atoms with Crippen molar-refractivity contribution in [2.45, 2.75) is 6.17 Å². The van der Waals surface area contributed by atoms with Gasteiger partial charge in [0, 0.05) is 23.4 Å². The molecule has 0 radical (unpaired) electrons. The Morgan fingerprint density at radius 3 is 2.52 bits per heavy atom. The lowest BCUT2D eigenvalue weighted by Crippen LogP contribution is -2.40. The number of hydroxylamine groups is 2. The van der Waals surface area contributed by atoms with Crippen molar-refractivity contribution >= 4 is 17.2 Å². The van der Waals surface area contributed by atoms with Gasteiger partial charge < -0.3 is 5.32 Å². The first-order valence-corrected chi connectivity index (χ1v) is 6.25. The molecule has 1 heterocycles. The molecule has 0 spiro atoms. The molecule has 0 aromatic heterocycles. The van der Waals surface area contributed by atoms with E-state index in [1.165, 1.54) is 12.1 Å². The number of nitro benzene ring substituents is 1. The van der Waals surface area contributed by atoms with Crippen LogP contribution in [0, 0.1) is 15.5 Å². The largest absolute Gasteiger partial charge is 0.359 e. The van der Waals surface area contributed by atoms with E-state index in [1.54, 1.807) is 24.3 Å². The highest BCUT2D eigenvalue weighted by Gasteiger charge is 2.29. The summed E-state index contributed by atoms with van der Waals surface area (Å²) in [7, 11) is 0. The summed E-state index contributed by atoms with van der Waals surface area (Å²) in [5.41, 5.74) is 1.94. The molecule has 1 aliphatic rings. The number of nitrogens with one attached hydrogen (secondary N) is 2. The number of rotatable bonds is 2. The first kappa shape index (κ1) is 13.1. The lowest BCUT2D eigenvalue weighted by molar-refractivity contribution is -0.384. The zero-order valence-corrected chi connectivity index (χ0v) is 10.9. The Morgan fingerprint density at radius 1 is 1.19 bits per heavy atom. The van der Waals surface area contributed by atoms with Crippen molar-refractivity contribution in [3.8, 4) is 0 Å². The van der Waals surface area contributed by atoms with Crippen LogP contribution < -0.4 is 5.32 Å². The minimum atomic E-state index is -0.659. The van der Waals surface area contributed by atoms with E-state index in [1.807, 2.05) is 12.1 Å². The number of anilines is 1. The zero-order valence-electron chi connectivity index (χ0n) is 10.9. The van der Waals surface area contributed by atoms with Crippen LogP contribution in [0.4, 0.5) is 11.4 Å². The Morgan fingerprint density at radius 2 is 1.86 bits per heavy atom. The van der Waals surface area contributed by atoms with Crippen LogP contribution in [-0.4, -0.2) is 21.0 Å². The van der Waals surface area contributed by atoms with Crippen molar-refractivity contribution in [1.29, 1.82) is 5.41 Å². The molecule has 3 rings (SSSR count). The van der Waals surface area contributed by atoms with Gasteiger partial charge in [-0.25, -0.2) is 5.06 Å². The number of amidine groups is 1. The lowest BCUT2D eigenvalue weighted by atomic mass is 10.0. The van der Waals surface area contributed by atoms with Gasteiger partial charge in [0.25, 0.3) is 5.69 Å². The Balaban J connectivity index is 1.96. The van der Waals surface area contributed by atoms with Crippen LogP contribution in [0.3, 0.4) is 0 Å². The van der Waals surface area contributed by atoms with Crippen LogP contribution in [0.25, 0.3) is 0 Å². The summed E-state index contributed by atoms with van der Waals surface area (Å²) in [6.45, 7) is 0. The van der Waals surface area contributed by atoms with Crippen LogP contribution >= 0.6 is 0 Å². The Hall–Kier alpha value is -2.93. The molecule has 1 atom stereocenters. The molecule has 0 bridgehead atoms. The minimum absolute atomic E-state index is 0.0190. The maximum Gasteiger partial charge on any atom is 0.269 e. The van der Waals surface area contributed by atoms with Gasteiger partial charge in [-0.15, -0.1) is 0 Å². The quantitative estimate of drug-likeness (QED) is 0.581. The van der Waals surface area contributed by atoms with Gasteiger partial charge in [-0.1, -0.05) is 12.1 Å². The summed E-state index contributed by atoms with van der Waals surface area (Å²) >= 11 is 0. The molecular weight excluding hydrogens is 272 g/mol. The van der Waals surface area contributed by atoms with Crippen LogP contribution in [0.1, 0.15) is 17.3 Å². The van der Waals surface area contributed by atoms with E-state index in [2.05, 4.69) is 5.32 Å². The summed E-state index contributed by atoms with van der Waals surface area (Å²) in [5, 5.41) is 32.7. The number of hydrogen-bond acceptors (Lipinski definition) is 5. The third kappa shape index (κ3) is 2.19. The lowest BCUT2D eigenvalue weighted by Gasteiger charge is -2.35. The molecule has 106 valence electrons. The number of fused-ring (bicyclic) bond motifs is 1. The van der Waals surface area contributed by atoms with Gasteiger partial charge in [0.05, 0.1) is 4.92 Å². The molecule has 1 aliphatic heterocycles. The Bertz CT molecular complexity index is 714. The second kappa shape index (κ2) is 4.88. The smallest absolute Gasteiger partial charge is 0.269 e. The molecule has 1 unspecified atom stereocenters. The number of nitrogens with zero attached hydrogens (tertiary/aromatic N) is 2. The second-order valence-corrected chi connectivity index (χ2v) is 4.63. The van der Waals surface area contributed by atoms with Crippen LogP contribution in [0.2, 0.25) is 0 Å². The van der Waals surface area contributed by atoms with Gasteiger partial charge in [-0.05, 0) is 29.8 Å². The number of hydrogen-bond donors (Lipinski definition) is 3. The highest BCUT2D eigenvalue weighted by Crippen LogP contribution is 2.32. The first-order chi connectivity index (χ1) is 10.1. The monoisotopic (exact) mass is 284 g/mol. The molecular formula is C14H12N4O3. The van der Waals surface area contributed by atoms with Gasteiger partial charge in [0.1, 0.15) is 0 Å². The van der Waals surface area contributed by atoms with Crippen molar-refractivity contribution in [3.63, 3.8) is 0 Å². The molecule has 7 nitrogen and oxygen atoms in total. The van der Waals surface area contributed by atoms with Gasteiger partial charge >= 0.3 is 0 Å². The first-order valence-electron chi connectivity index (χ1n) is 6.25. The van der Waals surface area contributed by atoms with Crippen LogP contribution in [0.15, 0.2) is 48.5 Å². The normalized spacial score (nSPS) is 17.1. The third-order valence-electron chi connectivity index (χ3n) is 3.37. The molecule has 0 saturated heterocycles. The topological polar surface area (TPSA) is 102 Å². The van der Waals surface area contributed by atoms with Crippen molar-refractivity contribution in [2.24, 2.45) is 0 Å². The summed E-state index contributed by atoms with van der Waals surface area (Å²) in [4.78, 5) is 10.2. The van der Waals surface area contributed by atoms with Gasteiger partial charge in [-0.3, -0.25) is 20.7 Å². The van der Waals surface area contributed by atoms with Crippen molar-refractivity contribution in [3.05, 3.63) is 69.8 Å². The fraction of sp³-hybridized carbons (Fsp3) is 0.0714. The molecule has 0 fully saturated rings. The Kier molecular flexibility index (Phi) is 3.03. The second-order valence-electron chi connectivity index (χ2n) is 4.63. The predicted octanol–water partition coefficient (Wildman–Crippen LogP) is 2.74. The molecule has 21 heavy (non-hydrogen) atoms. The molecule has 0 amide bonds. The van der Waals surface area contributed by atoms with Crippen LogP contribution in [-0.2, 0) is 0 Å². The van der Waals surface area contributed by atoms with E-state index in [9.17, 15) is 15.3 Å². The average Bonchev–Trinajstić information content (AvgIpc) is 2.51. The van der Waals surface area contributed by atoms with E-state index in [0.717, 1.165) is 10.8 Å². The fourth-order valence-corrected chi connectivity index (χ4v) is 2.28. The number of nitro groups is 1. The van der Waals surface area contributed by atoms with Gasteiger partial charge in [0.2, 0.25) is 0 Å². The van der Waals surface area contributed by atoms with Crippen molar-refractivity contribution < 1.29 is 10.1 Å².